The molecule has 0 aliphatic carbocycles. The van der Waals surface area contributed by atoms with Crippen molar-refractivity contribution in [1.82, 2.24) is 14.5 Å². The van der Waals surface area contributed by atoms with Gasteiger partial charge in [0, 0.05) is 33.7 Å². The van der Waals surface area contributed by atoms with E-state index in [9.17, 15) is 0 Å². The number of nitrogens with one attached hydrogen (secondary N) is 1. The van der Waals surface area contributed by atoms with E-state index in [1.165, 1.54) is 21.8 Å². The van der Waals surface area contributed by atoms with Crippen molar-refractivity contribution in [1.29, 1.82) is 0 Å². The lowest BCUT2D eigenvalue weighted by atomic mass is 10.1. The van der Waals surface area contributed by atoms with E-state index in [-0.39, 0.29) is 5.82 Å². The molecule has 2 aromatic heterocycles. The van der Waals surface area contributed by atoms with Crippen molar-refractivity contribution in [2.24, 2.45) is 5.10 Å². The number of rotatable bonds is 4. The zero-order valence-corrected chi connectivity index (χ0v) is 19.3. The lowest BCUT2D eigenvalue weighted by Gasteiger charge is -2.12. The Kier molecular flexibility index (Phi) is 5.41. The fourth-order valence-electron chi connectivity index (χ4n) is 3.95. The highest BCUT2D eigenvalue weighted by atomic mass is 35.6. The second-order valence-electron chi connectivity index (χ2n) is 7.32. The van der Waals surface area contributed by atoms with Gasteiger partial charge in [0.1, 0.15) is 0 Å². The van der Waals surface area contributed by atoms with E-state index in [0.717, 1.165) is 17.5 Å². The first-order valence-corrected chi connectivity index (χ1v) is 11.2. The molecular weight excluding hydrogens is 465 g/mol. The zero-order chi connectivity index (χ0) is 22.3. The van der Waals surface area contributed by atoms with E-state index in [1.807, 2.05) is 30.3 Å². The van der Waals surface area contributed by atoms with Gasteiger partial charge in [0.25, 0.3) is 0 Å². The van der Waals surface area contributed by atoms with E-state index in [0.29, 0.717) is 11.3 Å². The number of benzene rings is 3. The van der Waals surface area contributed by atoms with Gasteiger partial charge < -0.3 is 4.57 Å². The topological polar surface area (TPSA) is 55.1 Å². The number of para-hydroxylation sites is 2. The van der Waals surface area contributed by atoms with Crippen molar-refractivity contribution >= 4 is 79.5 Å². The van der Waals surface area contributed by atoms with Gasteiger partial charge >= 0.3 is 0 Å². The van der Waals surface area contributed by atoms with Gasteiger partial charge in [-0.15, -0.1) is 0 Å². The standard InChI is InChI=1S/C24H18Cl3N5/c1-2-32-20-10-6-4-7-16(20)18-13-15(11-12-21(18)32)14-28-31-22-17-8-3-5-9-19(17)29-23(30-22)24(25,26)27/h3-14H,2H2,1H3,(H,29,30,31)/b28-14-. The van der Waals surface area contributed by atoms with E-state index in [1.54, 1.807) is 6.21 Å². The van der Waals surface area contributed by atoms with Gasteiger partial charge in [0.15, 0.2) is 11.6 Å². The van der Waals surface area contributed by atoms with Crippen LogP contribution in [-0.4, -0.2) is 20.7 Å². The number of hydrogen-bond acceptors (Lipinski definition) is 4. The molecule has 8 heteroatoms. The molecular formula is C24H18Cl3N5. The van der Waals surface area contributed by atoms with Crippen LogP contribution in [0.1, 0.15) is 18.3 Å². The maximum absolute atomic E-state index is 6.02. The van der Waals surface area contributed by atoms with Crippen LogP contribution in [0.15, 0.2) is 71.8 Å². The van der Waals surface area contributed by atoms with Crippen LogP contribution in [0.3, 0.4) is 0 Å². The number of hydrazone groups is 1. The Morgan fingerprint density at radius 2 is 1.62 bits per heavy atom. The molecule has 32 heavy (non-hydrogen) atoms. The van der Waals surface area contributed by atoms with Crippen LogP contribution in [0.4, 0.5) is 5.82 Å². The van der Waals surface area contributed by atoms with Crippen LogP contribution < -0.4 is 5.43 Å². The molecule has 5 rings (SSSR count). The first-order valence-electron chi connectivity index (χ1n) is 10.1. The Morgan fingerprint density at radius 3 is 2.41 bits per heavy atom. The Morgan fingerprint density at radius 1 is 0.906 bits per heavy atom. The minimum Gasteiger partial charge on any atom is -0.341 e. The molecule has 0 aliphatic rings. The largest absolute Gasteiger partial charge is 0.341 e. The normalized spacial score (nSPS) is 12.4. The molecule has 0 atom stereocenters. The summed E-state index contributed by atoms with van der Waals surface area (Å²) in [6, 6.07) is 22.2. The van der Waals surface area contributed by atoms with Crippen LogP contribution in [0.2, 0.25) is 0 Å². The van der Waals surface area contributed by atoms with Crippen LogP contribution in [0, 0.1) is 0 Å². The van der Waals surface area contributed by atoms with Crippen molar-refractivity contribution in [2.45, 2.75) is 17.3 Å². The number of aryl methyl sites for hydroxylation is 1. The minimum atomic E-state index is -1.73. The highest BCUT2D eigenvalue weighted by Crippen LogP contribution is 2.37. The van der Waals surface area contributed by atoms with Crippen LogP contribution in [0.25, 0.3) is 32.7 Å². The van der Waals surface area contributed by atoms with Gasteiger partial charge in [-0.2, -0.15) is 5.10 Å². The Labute approximate surface area is 199 Å². The Balaban J connectivity index is 1.52. The van der Waals surface area contributed by atoms with Crippen LogP contribution in [-0.2, 0) is 10.3 Å². The first-order chi connectivity index (χ1) is 15.5. The molecule has 2 heterocycles. The predicted octanol–water partition coefficient (Wildman–Crippen LogP) is 7.03. The minimum absolute atomic E-state index is 0.0905. The molecule has 0 unspecified atom stereocenters. The van der Waals surface area contributed by atoms with E-state index >= 15 is 0 Å². The van der Waals surface area contributed by atoms with Crippen LogP contribution in [0.5, 0.6) is 0 Å². The van der Waals surface area contributed by atoms with Crippen molar-refractivity contribution in [3.63, 3.8) is 0 Å². The summed E-state index contributed by atoms with van der Waals surface area (Å²) in [5.74, 6) is 0.560. The lowest BCUT2D eigenvalue weighted by molar-refractivity contribution is 0.827. The molecule has 5 nitrogen and oxygen atoms in total. The molecule has 0 aliphatic heterocycles. The quantitative estimate of drug-likeness (QED) is 0.170. The number of halogens is 3. The molecule has 0 radical (unpaired) electrons. The summed E-state index contributed by atoms with van der Waals surface area (Å²) in [6.07, 6.45) is 1.75. The van der Waals surface area contributed by atoms with Crippen molar-refractivity contribution < 1.29 is 0 Å². The number of fused-ring (bicyclic) bond motifs is 4. The first kappa shape index (κ1) is 21.0. The fourth-order valence-corrected chi connectivity index (χ4v) is 4.20. The summed E-state index contributed by atoms with van der Waals surface area (Å²) >= 11 is 18.0. The fraction of sp³-hybridized carbons (Fsp3) is 0.125. The maximum Gasteiger partial charge on any atom is 0.250 e. The number of alkyl halides is 3. The molecule has 0 saturated carbocycles. The third-order valence-corrected chi connectivity index (χ3v) is 5.86. The zero-order valence-electron chi connectivity index (χ0n) is 17.1. The summed E-state index contributed by atoms with van der Waals surface area (Å²) in [7, 11) is 0. The van der Waals surface area contributed by atoms with E-state index in [2.05, 4.69) is 68.4 Å². The molecule has 0 saturated heterocycles. The van der Waals surface area contributed by atoms with Gasteiger partial charge in [0.2, 0.25) is 3.79 Å². The smallest absolute Gasteiger partial charge is 0.250 e. The monoisotopic (exact) mass is 481 g/mol. The predicted molar refractivity (Wildman–Crippen MR) is 135 cm³/mol. The molecule has 3 aromatic carbocycles. The average molecular weight is 483 g/mol. The van der Waals surface area contributed by atoms with Crippen molar-refractivity contribution in [2.75, 3.05) is 5.43 Å². The average Bonchev–Trinajstić information content (AvgIpc) is 3.11. The van der Waals surface area contributed by atoms with Gasteiger partial charge in [-0.1, -0.05) is 71.2 Å². The number of anilines is 1. The molecule has 0 bridgehead atoms. The van der Waals surface area contributed by atoms with Gasteiger partial charge in [0.05, 0.1) is 11.7 Å². The summed E-state index contributed by atoms with van der Waals surface area (Å²) in [5, 5.41) is 7.60. The second kappa shape index (κ2) is 8.24. The van der Waals surface area contributed by atoms with Gasteiger partial charge in [-0.05, 0) is 42.8 Å². The Bertz CT molecular complexity index is 1480. The van der Waals surface area contributed by atoms with Crippen molar-refractivity contribution in [3.8, 4) is 0 Å². The van der Waals surface area contributed by atoms with Crippen LogP contribution >= 0.6 is 34.8 Å². The molecule has 0 spiro atoms. The van der Waals surface area contributed by atoms with E-state index in [4.69, 9.17) is 34.8 Å². The summed E-state index contributed by atoms with van der Waals surface area (Å²) in [5.41, 5.74) is 7.04. The summed E-state index contributed by atoms with van der Waals surface area (Å²) in [6.45, 7) is 3.06. The summed E-state index contributed by atoms with van der Waals surface area (Å²) in [4.78, 5) is 8.72. The summed E-state index contributed by atoms with van der Waals surface area (Å²) < 4.78 is 0.581. The van der Waals surface area contributed by atoms with Gasteiger partial charge in [-0.25, -0.2) is 9.97 Å². The number of nitrogens with zero attached hydrogens (tertiary/aromatic N) is 4. The SMILES string of the molecule is CCn1c2ccccc2c2cc(/C=N\Nc3nc(C(Cl)(Cl)Cl)nc4ccccc34)ccc21. The van der Waals surface area contributed by atoms with E-state index < -0.39 is 3.79 Å². The molecule has 0 fully saturated rings. The second-order valence-corrected chi connectivity index (χ2v) is 9.60. The molecule has 1 N–H and O–H groups in total. The number of hydrogen-bond donors (Lipinski definition) is 1. The number of aromatic nitrogens is 3. The Hall–Kier alpha value is -2.86. The third-order valence-electron chi connectivity index (χ3n) is 5.35. The van der Waals surface area contributed by atoms with Gasteiger partial charge in [-0.3, -0.25) is 5.43 Å². The molecule has 5 aromatic rings. The lowest BCUT2D eigenvalue weighted by Crippen LogP contribution is -2.09. The third kappa shape index (κ3) is 3.77. The highest BCUT2D eigenvalue weighted by molar-refractivity contribution is 6.66. The molecule has 0 amide bonds. The van der Waals surface area contributed by atoms with Crippen molar-refractivity contribution in [3.05, 3.63) is 78.1 Å². The maximum atomic E-state index is 6.02. The highest BCUT2D eigenvalue weighted by Gasteiger charge is 2.28. The molecule has 160 valence electrons.